The number of hydrogen-bond donors (Lipinski definition) is 1. The lowest BCUT2D eigenvalue weighted by Gasteiger charge is -2.39. The zero-order valence-electron chi connectivity index (χ0n) is 12.4. The van der Waals surface area contributed by atoms with Gasteiger partial charge in [0.25, 0.3) is 0 Å². The van der Waals surface area contributed by atoms with Gasteiger partial charge >= 0.3 is 5.92 Å². The summed E-state index contributed by atoms with van der Waals surface area (Å²) in [5, 5.41) is 21.8. The largest absolute Gasteiger partial charge is 0.377 e. The number of tetrazole rings is 1. The van der Waals surface area contributed by atoms with E-state index in [0.29, 0.717) is 4.47 Å². The van der Waals surface area contributed by atoms with E-state index < -0.39 is 29.6 Å². The van der Waals surface area contributed by atoms with Crippen molar-refractivity contribution in [3.8, 4) is 11.4 Å². The Labute approximate surface area is 147 Å². The maximum absolute atomic E-state index is 15.2. The number of benzene rings is 1. The summed E-state index contributed by atoms with van der Waals surface area (Å²) in [5.74, 6) is -4.39. The lowest BCUT2D eigenvalue weighted by molar-refractivity contribution is -0.207. The predicted octanol–water partition coefficient (Wildman–Crippen LogP) is 2.63. The summed E-state index contributed by atoms with van der Waals surface area (Å²) in [7, 11) is 0. The molecule has 0 saturated carbocycles. The van der Waals surface area contributed by atoms with E-state index in [-0.39, 0.29) is 17.0 Å². The summed E-state index contributed by atoms with van der Waals surface area (Å²) >= 11 is 3.12. The summed E-state index contributed by atoms with van der Waals surface area (Å²) < 4.78 is 45.8. The molecule has 1 aliphatic rings. The predicted molar refractivity (Wildman–Crippen MR) is 82.9 cm³/mol. The van der Waals surface area contributed by atoms with Crippen molar-refractivity contribution in [1.29, 1.82) is 0 Å². The van der Waals surface area contributed by atoms with Crippen LogP contribution in [0.4, 0.5) is 13.2 Å². The van der Waals surface area contributed by atoms with E-state index >= 15 is 8.78 Å². The topological polar surface area (TPSA) is 76.7 Å². The zero-order chi connectivity index (χ0) is 17.8. The highest BCUT2D eigenvalue weighted by molar-refractivity contribution is 9.10. The van der Waals surface area contributed by atoms with E-state index in [9.17, 15) is 9.50 Å². The van der Waals surface area contributed by atoms with Gasteiger partial charge in [-0.05, 0) is 56.7 Å². The van der Waals surface area contributed by atoms with E-state index in [1.807, 2.05) is 0 Å². The van der Waals surface area contributed by atoms with Gasteiger partial charge in [0.1, 0.15) is 11.5 Å². The normalized spacial score (nSPS) is 19.4. The Hall–Kier alpha value is -2.33. The van der Waals surface area contributed by atoms with Gasteiger partial charge in [-0.1, -0.05) is 0 Å². The van der Waals surface area contributed by atoms with Crippen molar-refractivity contribution in [3.05, 3.63) is 58.1 Å². The average molecular weight is 412 g/mol. The van der Waals surface area contributed by atoms with Gasteiger partial charge in [-0.3, -0.25) is 4.98 Å². The van der Waals surface area contributed by atoms with E-state index in [0.717, 1.165) is 22.9 Å². The molecule has 1 N–H and O–H groups in total. The molecule has 0 amide bonds. The zero-order valence-corrected chi connectivity index (χ0v) is 14.0. The number of aromatic nitrogens is 5. The van der Waals surface area contributed by atoms with Crippen LogP contribution in [0, 0.1) is 5.82 Å². The minimum Gasteiger partial charge on any atom is -0.377 e. The molecule has 0 aliphatic carbocycles. The molecule has 0 saturated heterocycles. The molecular weight excluding hydrogens is 403 g/mol. The molecule has 128 valence electrons. The van der Waals surface area contributed by atoms with Gasteiger partial charge < -0.3 is 5.11 Å². The fraction of sp³-hybridized carbons (Fsp3) is 0.200. The molecule has 0 spiro atoms. The molecule has 1 aliphatic heterocycles. The van der Waals surface area contributed by atoms with Crippen LogP contribution in [-0.2, 0) is 18.1 Å². The van der Waals surface area contributed by atoms with Crippen molar-refractivity contribution in [2.24, 2.45) is 0 Å². The monoisotopic (exact) mass is 411 g/mol. The van der Waals surface area contributed by atoms with Crippen LogP contribution in [0.25, 0.3) is 11.4 Å². The molecule has 0 radical (unpaired) electrons. The number of alkyl halides is 2. The number of rotatable bonds is 2. The van der Waals surface area contributed by atoms with Crippen LogP contribution in [0.3, 0.4) is 0 Å². The van der Waals surface area contributed by atoms with Gasteiger partial charge in [0.15, 0.2) is 11.4 Å². The Bertz CT molecular complexity index is 962. The molecule has 6 nitrogen and oxygen atoms in total. The molecule has 25 heavy (non-hydrogen) atoms. The first-order chi connectivity index (χ1) is 11.8. The molecular formula is C15H9BrF3N5O. The number of hydrogen-bond acceptors (Lipinski definition) is 5. The van der Waals surface area contributed by atoms with Gasteiger partial charge in [-0.15, -0.1) is 5.10 Å². The number of aliphatic hydroxyl groups is 1. The van der Waals surface area contributed by atoms with Gasteiger partial charge in [-0.2, -0.15) is 8.78 Å². The van der Waals surface area contributed by atoms with Crippen molar-refractivity contribution < 1.29 is 18.3 Å². The minimum absolute atomic E-state index is 0.136. The highest BCUT2D eigenvalue weighted by Gasteiger charge is 2.59. The van der Waals surface area contributed by atoms with Crippen LogP contribution in [0.5, 0.6) is 0 Å². The highest BCUT2D eigenvalue weighted by Crippen LogP contribution is 2.50. The summed E-state index contributed by atoms with van der Waals surface area (Å²) in [6.45, 7) is -0.642. The Balaban J connectivity index is 1.95. The molecule has 0 bridgehead atoms. The molecule has 1 atom stereocenters. The van der Waals surface area contributed by atoms with Gasteiger partial charge in [0.05, 0.1) is 6.54 Å². The maximum Gasteiger partial charge on any atom is 0.323 e. The molecule has 4 rings (SSSR count). The third-order valence-corrected chi connectivity index (χ3v) is 4.62. The first-order valence-electron chi connectivity index (χ1n) is 7.12. The van der Waals surface area contributed by atoms with Crippen molar-refractivity contribution in [3.63, 3.8) is 0 Å². The minimum atomic E-state index is -3.82. The molecule has 2 aromatic heterocycles. The molecule has 3 heterocycles. The van der Waals surface area contributed by atoms with Crippen molar-refractivity contribution in [2.75, 3.05) is 0 Å². The van der Waals surface area contributed by atoms with E-state index in [1.54, 1.807) is 0 Å². The summed E-state index contributed by atoms with van der Waals surface area (Å²) in [6.07, 6.45) is 1.20. The van der Waals surface area contributed by atoms with E-state index in [1.165, 1.54) is 18.3 Å². The Morgan fingerprint density at radius 2 is 2.04 bits per heavy atom. The van der Waals surface area contributed by atoms with Crippen molar-refractivity contribution in [2.45, 2.75) is 18.1 Å². The van der Waals surface area contributed by atoms with Crippen LogP contribution < -0.4 is 0 Å². The Kier molecular flexibility index (Phi) is 3.45. The molecule has 0 fully saturated rings. The van der Waals surface area contributed by atoms with Gasteiger partial charge in [0.2, 0.25) is 0 Å². The van der Waals surface area contributed by atoms with Crippen LogP contribution in [0.1, 0.15) is 11.3 Å². The van der Waals surface area contributed by atoms with Crippen LogP contribution in [0.15, 0.2) is 41.0 Å². The molecule has 10 heteroatoms. The van der Waals surface area contributed by atoms with Gasteiger partial charge in [-0.25, -0.2) is 9.07 Å². The fourth-order valence-electron chi connectivity index (χ4n) is 2.90. The van der Waals surface area contributed by atoms with E-state index in [2.05, 4.69) is 36.4 Å². The lowest BCUT2D eigenvalue weighted by atomic mass is 9.80. The summed E-state index contributed by atoms with van der Waals surface area (Å²) in [5.41, 5.74) is -3.57. The first kappa shape index (κ1) is 16.2. The smallest absolute Gasteiger partial charge is 0.323 e. The molecule has 3 aromatic rings. The SMILES string of the molecule is OC1(C(F)(F)c2ccc(Br)cn2)Cn2nnnc2-c2ccc(F)cc21. The van der Waals surface area contributed by atoms with Gasteiger partial charge in [0, 0.05) is 21.8 Å². The molecule has 1 unspecified atom stereocenters. The third kappa shape index (κ3) is 2.28. The number of fused-ring (bicyclic) bond motifs is 3. The second kappa shape index (κ2) is 5.33. The number of nitrogens with zero attached hydrogens (tertiary/aromatic N) is 5. The Morgan fingerprint density at radius 1 is 1.24 bits per heavy atom. The lowest BCUT2D eigenvalue weighted by Crippen LogP contribution is -2.49. The third-order valence-electron chi connectivity index (χ3n) is 4.15. The second-order valence-electron chi connectivity index (χ2n) is 5.65. The maximum atomic E-state index is 15.2. The van der Waals surface area contributed by atoms with Crippen molar-refractivity contribution in [1.82, 2.24) is 25.2 Å². The number of halogens is 4. The second-order valence-corrected chi connectivity index (χ2v) is 6.56. The quantitative estimate of drug-likeness (QED) is 0.701. The van der Waals surface area contributed by atoms with E-state index in [4.69, 9.17) is 0 Å². The fourth-order valence-corrected chi connectivity index (χ4v) is 3.14. The standard InChI is InChI=1S/C15H9BrF3N5O/c16-8-1-4-12(20-6-8)15(18,19)14(25)7-24-13(21-22-23-24)10-3-2-9(17)5-11(10)14/h1-6,25H,7H2. The van der Waals surface area contributed by atoms with Crippen LogP contribution in [-0.4, -0.2) is 30.3 Å². The summed E-state index contributed by atoms with van der Waals surface area (Å²) in [6, 6.07) is 5.72. The first-order valence-corrected chi connectivity index (χ1v) is 7.91. The molecule has 1 aromatic carbocycles. The number of pyridine rings is 1. The van der Waals surface area contributed by atoms with Crippen LogP contribution >= 0.6 is 15.9 Å². The highest BCUT2D eigenvalue weighted by atomic mass is 79.9. The van der Waals surface area contributed by atoms with Crippen LogP contribution in [0.2, 0.25) is 0 Å². The van der Waals surface area contributed by atoms with Crippen molar-refractivity contribution >= 4 is 15.9 Å². The summed E-state index contributed by atoms with van der Waals surface area (Å²) in [4.78, 5) is 3.70. The average Bonchev–Trinajstić information content (AvgIpc) is 3.03. The Morgan fingerprint density at radius 3 is 2.76 bits per heavy atom.